The van der Waals surface area contributed by atoms with Crippen LogP contribution in [0.25, 0.3) is 0 Å². The maximum Gasteiger partial charge on any atom is 0.326 e. The fraction of sp³-hybridized carbons (Fsp3) is 0.333. The molecular formula is C6H8N4O2. The van der Waals surface area contributed by atoms with Crippen LogP contribution in [0.2, 0.25) is 0 Å². The minimum atomic E-state index is -0.658. The number of rotatable bonds is 2. The van der Waals surface area contributed by atoms with Crippen molar-refractivity contribution in [3.05, 3.63) is 16.2 Å². The highest BCUT2D eigenvalue weighted by Gasteiger charge is 2.13. The van der Waals surface area contributed by atoms with Crippen LogP contribution in [0.5, 0.6) is 5.88 Å². The Morgan fingerprint density at radius 1 is 1.67 bits per heavy atom. The van der Waals surface area contributed by atoms with Crippen LogP contribution < -0.4 is 11.4 Å². The molecule has 6 heteroatoms. The number of nitriles is 1. The molecule has 0 aliphatic heterocycles. The van der Waals surface area contributed by atoms with Gasteiger partial charge in [0, 0.05) is 0 Å². The van der Waals surface area contributed by atoms with Crippen LogP contribution in [0.1, 0.15) is 18.2 Å². The number of nitrogens with one attached hydrogen (secondary N) is 2. The average Bonchev–Trinajstić information content (AvgIpc) is 2.30. The Bertz CT molecular complexity index is 358. The zero-order valence-corrected chi connectivity index (χ0v) is 6.16. The van der Waals surface area contributed by atoms with Gasteiger partial charge in [0.1, 0.15) is 0 Å². The fourth-order valence-corrected chi connectivity index (χ4v) is 0.856. The number of hydrogen-bond donors (Lipinski definition) is 4. The number of H-pyrrole nitrogens is 2. The van der Waals surface area contributed by atoms with Crippen molar-refractivity contribution in [1.29, 1.82) is 5.26 Å². The Labute approximate surface area is 67.6 Å². The van der Waals surface area contributed by atoms with Gasteiger partial charge in [-0.25, -0.2) is 4.79 Å². The highest BCUT2D eigenvalue weighted by molar-refractivity contribution is 5.20. The van der Waals surface area contributed by atoms with E-state index in [4.69, 9.17) is 16.1 Å². The normalized spacial score (nSPS) is 12.3. The van der Waals surface area contributed by atoms with E-state index in [9.17, 15) is 4.79 Å². The Kier molecular flexibility index (Phi) is 2.16. The van der Waals surface area contributed by atoms with E-state index in [-0.39, 0.29) is 18.0 Å². The first-order valence-corrected chi connectivity index (χ1v) is 3.29. The maximum absolute atomic E-state index is 10.6. The lowest BCUT2D eigenvalue weighted by Crippen LogP contribution is -2.11. The number of imidazole rings is 1. The summed E-state index contributed by atoms with van der Waals surface area (Å²) in [5.41, 5.74) is 5.08. The zero-order valence-electron chi connectivity index (χ0n) is 6.16. The number of aromatic amines is 2. The molecule has 5 N–H and O–H groups in total. The van der Waals surface area contributed by atoms with Gasteiger partial charge < -0.3 is 15.8 Å². The molecule has 1 aromatic heterocycles. The van der Waals surface area contributed by atoms with Crippen LogP contribution in [0.3, 0.4) is 0 Å². The van der Waals surface area contributed by atoms with Crippen molar-refractivity contribution < 1.29 is 5.11 Å². The fourth-order valence-electron chi connectivity index (χ4n) is 0.856. The van der Waals surface area contributed by atoms with E-state index >= 15 is 0 Å². The van der Waals surface area contributed by atoms with Crippen molar-refractivity contribution >= 4 is 0 Å². The zero-order chi connectivity index (χ0) is 9.14. The highest BCUT2D eigenvalue weighted by Crippen LogP contribution is 2.17. The summed E-state index contributed by atoms with van der Waals surface area (Å²) < 4.78 is 0. The summed E-state index contributed by atoms with van der Waals surface area (Å²) in [4.78, 5) is 15.0. The van der Waals surface area contributed by atoms with Gasteiger partial charge in [-0.3, -0.25) is 4.98 Å². The molecule has 0 saturated carbocycles. The summed E-state index contributed by atoms with van der Waals surface area (Å²) in [5.74, 6) is -0.303. The molecule has 0 bridgehead atoms. The third kappa shape index (κ3) is 1.46. The summed E-state index contributed by atoms with van der Waals surface area (Å²) in [5, 5.41) is 17.3. The molecule has 0 aromatic carbocycles. The van der Waals surface area contributed by atoms with E-state index in [0.717, 1.165) is 0 Å². The Hall–Kier alpha value is -1.74. The highest BCUT2D eigenvalue weighted by atomic mass is 16.3. The summed E-state index contributed by atoms with van der Waals surface area (Å²) in [6, 6.07) is 1.17. The molecule has 0 unspecified atom stereocenters. The predicted octanol–water partition coefficient (Wildman–Crippen LogP) is -0.678. The molecule has 0 spiro atoms. The Morgan fingerprint density at radius 3 is 2.75 bits per heavy atom. The van der Waals surface area contributed by atoms with Gasteiger partial charge in [0.2, 0.25) is 5.88 Å². The lowest BCUT2D eigenvalue weighted by Gasteiger charge is -2.02. The molecule has 0 aliphatic carbocycles. The van der Waals surface area contributed by atoms with Gasteiger partial charge in [0.15, 0.2) is 0 Å². The molecule has 0 aliphatic rings. The Balaban J connectivity index is 2.95. The van der Waals surface area contributed by atoms with E-state index in [2.05, 4.69) is 9.97 Å². The van der Waals surface area contributed by atoms with Crippen LogP contribution in [-0.4, -0.2) is 15.1 Å². The van der Waals surface area contributed by atoms with Gasteiger partial charge in [-0.05, 0) is 0 Å². The number of nitrogens with two attached hydrogens (primary N) is 1. The standard InChI is InChI=1S/C6H8N4O2/c7-2-1-3(8)4-5(11)10-6(12)9-4/h3,11H,1,8H2,(H2,9,10,12)/t3-/m1/s1. The second-order valence-electron chi connectivity index (χ2n) is 2.31. The third-order valence-corrected chi connectivity index (χ3v) is 1.42. The number of aromatic nitrogens is 2. The molecule has 0 amide bonds. The van der Waals surface area contributed by atoms with Gasteiger partial charge in [-0.15, -0.1) is 0 Å². The molecule has 1 rings (SSSR count). The maximum atomic E-state index is 10.6. The van der Waals surface area contributed by atoms with E-state index in [1.807, 2.05) is 6.07 Å². The molecular weight excluding hydrogens is 160 g/mol. The van der Waals surface area contributed by atoms with Gasteiger partial charge in [0.05, 0.1) is 24.2 Å². The van der Waals surface area contributed by atoms with Crippen molar-refractivity contribution in [3.8, 4) is 11.9 Å². The quantitative estimate of drug-likeness (QED) is 0.467. The predicted molar refractivity (Wildman–Crippen MR) is 40.2 cm³/mol. The molecule has 0 saturated heterocycles. The van der Waals surface area contributed by atoms with Crippen LogP contribution >= 0.6 is 0 Å². The minimum Gasteiger partial charge on any atom is -0.493 e. The molecule has 64 valence electrons. The second kappa shape index (κ2) is 3.11. The molecule has 0 radical (unpaired) electrons. The van der Waals surface area contributed by atoms with E-state index in [1.165, 1.54) is 0 Å². The van der Waals surface area contributed by atoms with Gasteiger partial charge >= 0.3 is 5.69 Å². The first-order chi connectivity index (χ1) is 5.65. The number of aromatic hydroxyl groups is 1. The molecule has 1 heterocycles. The molecule has 6 nitrogen and oxygen atoms in total. The van der Waals surface area contributed by atoms with Crippen LogP contribution in [-0.2, 0) is 0 Å². The minimum absolute atomic E-state index is 0.0430. The van der Waals surface area contributed by atoms with Crippen LogP contribution in [0.15, 0.2) is 4.79 Å². The molecule has 1 atom stereocenters. The van der Waals surface area contributed by atoms with Crippen LogP contribution in [0.4, 0.5) is 0 Å². The van der Waals surface area contributed by atoms with Gasteiger partial charge in [-0.2, -0.15) is 5.26 Å². The number of hydrogen-bond acceptors (Lipinski definition) is 4. The molecule has 1 aromatic rings. The first-order valence-electron chi connectivity index (χ1n) is 3.29. The topological polar surface area (TPSA) is 119 Å². The van der Waals surface area contributed by atoms with Crippen molar-refractivity contribution in [2.45, 2.75) is 12.5 Å². The largest absolute Gasteiger partial charge is 0.493 e. The van der Waals surface area contributed by atoms with E-state index in [0.29, 0.717) is 0 Å². The third-order valence-electron chi connectivity index (χ3n) is 1.42. The Morgan fingerprint density at radius 2 is 2.33 bits per heavy atom. The lowest BCUT2D eigenvalue weighted by atomic mass is 10.2. The molecule has 0 fully saturated rings. The van der Waals surface area contributed by atoms with Crippen molar-refractivity contribution in [2.24, 2.45) is 5.73 Å². The SMILES string of the molecule is N#CC[C@@H](N)c1[nH]c(=O)[nH]c1O. The van der Waals surface area contributed by atoms with Crippen molar-refractivity contribution in [2.75, 3.05) is 0 Å². The summed E-state index contributed by atoms with van der Waals surface area (Å²) in [6.07, 6.45) is 0.0430. The first kappa shape index (κ1) is 8.36. The average molecular weight is 168 g/mol. The second-order valence-corrected chi connectivity index (χ2v) is 2.31. The van der Waals surface area contributed by atoms with Crippen LogP contribution in [0, 0.1) is 11.3 Å². The molecule has 12 heavy (non-hydrogen) atoms. The summed E-state index contributed by atoms with van der Waals surface area (Å²) in [6.45, 7) is 0. The van der Waals surface area contributed by atoms with E-state index in [1.54, 1.807) is 0 Å². The summed E-state index contributed by atoms with van der Waals surface area (Å²) in [7, 11) is 0. The monoisotopic (exact) mass is 168 g/mol. The smallest absolute Gasteiger partial charge is 0.326 e. The van der Waals surface area contributed by atoms with Gasteiger partial charge in [-0.1, -0.05) is 0 Å². The summed E-state index contributed by atoms with van der Waals surface area (Å²) >= 11 is 0. The van der Waals surface area contributed by atoms with Crippen molar-refractivity contribution in [1.82, 2.24) is 9.97 Å². The lowest BCUT2D eigenvalue weighted by molar-refractivity contribution is 0.442. The van der Waals surface area contributed by atoms with E-state index < -0.39 is 11.7 Å². The number of nitrogens with zero attached hydrogens (tertiary/aromatic N) is 1. The van der Waals surface area contributed by atoms with Crippen molar-refractivity contribution in [3.63, 3.8) is 0 Å². The van der Waals surface area contributed by atoms with Gasteiger partial charge in [0.25, 0.3) is 0 Å².